The number of nitrogens with two attached hydrogens (primary N) is 1. The molecule has 6 heteroatoms. The lowest BCUT2D eigenvalue weighted by Crippen LogP contribution is -2.56. The number of hydrogen-bond donors (Lipinski definition) is 3. The molecule has 82 valence electrons. The van der Waals surface area contributed by atoms with Crippen LogP contribution in [0.2, 0.25) is 0 Å². The Hall–Kier alpha value is -0.170. The molecule has 5 nitrogen and oxygen atoms in total. The molecule has 1 aliphatic heterocycles. The first-order valence-corrected chi connectivity index (χ1v) is 6.55. The number of hydrogen-bond acceptors (Lipinski definition) is 3. The molecule has 2 fully saturated rings. The van der Waals surface area contributed by atoms with Gasteiger partial charge in [-0.05, 0) is 31.1 Å². The highest BCUT2D eigenvalue weighted by Gasteiger charge is 2.40. The van der Waals surface area contributed by atoms with E-state index in [9.17, 15) is 8.42 Å². The van der Waals surface area contributed by atoms with Crippen molar-refractivity contribution in [2.24, 2.45) is 10.6 Å². The molecule has 2 aliphatic rings. The highest BCUT2D eigenvalue weighted by atomic mass is 32.2. The van der Waals surface area contributed by atoms with Crippen LogP contribution in [0.4, 0.5) is 0 Å². The van der Waals surface area contributed by atoms with E-state index in [1.54, 1.807) is 0 Å². The first-order valence-electron chi connectivity index (χ1n) is 5.00. The number of rotatable bonds is 2. The second-order valence-corrected chi connectivity index (χ2v) is 5.87. The Morgan fingerprint density at radius 3 is 2.21 bits per heavy atom. The van der Waals surface area contributed by atoms with Gasteiger partial charge in [0.1, 0.15) is 0 Å². The Labute approximate surface area is 84.6 Å². The van der Waals surface area contributed by atoms with Crippen LogP contribution in [-0.2, 0) is 10.2 Å². The maximum atomic E-state index is 10.8. The second-order valence-electron chi connectivity index (χ2n) is 4.54. The Balaban J connectivity index is 1.84. The fourth-order valence-electron chi connectivity index (χ4n) is 2.41. The largest absolute Gasteiger partial charge is 0.316 e. The summed E-state index contributed by atoms with van der Waals surface area (Å²) in [6.07, 6.45) is 4.04. The van der Waals surface area contributed by atoms with E-state index in [2.05, 4.69) is 10.0 Å². The van der Waals surface area contributed by atoms with Crippen LogP contribution in [0.25, 0.3) is 0 Å². The summed E-state index contributed by atoms with van der Waals surface area (Å²) in [5, 5.41) is 8.20. The standard InChI is InChI=1S/C8H17N3O2S/c9-14(12,13)11-7-1-3-8(4-2-7)5-10-6-8/h7,10-11H,1-6H2,(H2,9,12,13). The summed E-state index contributed by atoms with van der Waals surface area (Å²) in [6.45, 7) is 2.18. The van der Waals surface area contributed by atoms with Crippen LogP contribution in [0.3, 0.4) is 0 Å². The normalized spacial score (nSPS) is 27.5. The van der Waals surface area contributed by atoms with Crippen molar-refractivity contribution in [1.29, 1.82) is 0 Å². The van der Waals surface area contributed by atoms with Crippen LogP contribution in [0.5, 0.6) is 0 Å². The van der Waals surface area contributed by atoms with E-state index in [1.165, 1.54) is 0 Å². The highest BCUT2D eigenvalue weighted by molar-refractivity contribution is 7.87. The molecular formula is C8H17N3O2S. The van der Waals surface area contributed by atoms with E-state index in [0.717, 1.165) is 38.8 Å². The van der Waals surface area contributed by atoms with Crippen LogP contribution < -0.4 is 15.2 Å². The minimum atomic E-state index is -3.52. The van der Waals surface area contributed by atoms with Gasteiger partial charge in [-0.2, -0.15) is 13.1 Å². The van der Waals surface area contributed by atoms with E-state index < -0.39 is 10.2 Å². The van der Waals surface area contributed by atoms with E-state index in [1.807, 2.05) is 0 Å². The summed E-state index contributed by atoms with van der Waals surface area (Å²) < 4.78 is 24.1. The molecule has 0 amide bonds. The molecule has 0 bridgehead atoms. The summed E-state index contributed by atoms with van der Waals surface area (Å²) in [6, 6.07) is 0.0521. The van der Waals surface area contributed by atoms with E-state index in [0.29, 0.717) is 5.41 Å². The van der Waals surface area contributed by atoms with Crippen molar-refractivity contribution < 1.29 is 8.42 Å². The van der Waals surface area contributed by atoms with Gasteiger partial charge >= 0.3 is 0 Å². The van der Waals surface area contributed by atoms with Crippen molar-refractivity contribution in [3.8, 4) is 0 Å². The summed E-state index contributed by atoms with van der Waals surface area (Å²) >= 11 is 0. The lowest BCUT2D eigenvalue weighted by atomic mass is 9.69. The zero-order chi connectivity index (χ0) is 10.2. The smallest absolute Gasteiger partial charge is 0.274 e. The van der Waals surface area contributed by atoms with Crippen molar-refractivity contribution in [2.45, 2.75) is 31.7 Å². The molecule has 1 saturated heterocycles. The van der Waals surface area contributed by atoms with Gasteiger partial charge in [0.05, 0.1) is 0 Å². The van der Waals surface area contributed by atoms with Gasteiger partial charge in [0.25, 0.3) is 10.2 Å². The average molecular weight is 219 g/mol. The molecule has 1 aliphatic carbocycles. The Kier molecular flexibility index (Phi) is 2.55. The van der Waals surface area contributed by atoms with Crippen molar-refractivity contribution in [3.05, 3.63) is 0 Å². The molecule has 14 heavy (non-hydrogen) atoms. The molecule has 4 N–H and O–H groups in total. The van der Waals surface area contributed by atoms with Crippen LogP contribution in [-0.4, -0.2) is 27.5 Å². The minimum absolute atomic E-state index is 0.0521. The minimum Gasteiger partial charge on any atom is -0.316 e. The molecular weight excluding hydrogens is 202 g/mol. The van der Waals surface area contributed by atoms with Gasteiger partial charge in [0.2, 0.25) is 0 Å². The molecule has 0 radical (unpaired) electrons. The van der Waals surface area contributed by atoms with Crippen molar-refractivity contribution in [3.63, 3.8) is 0 Å². The number of nitrogens with one attached hydrogen (secondary N) is 2. The first-order chi connectivity index (χ1) is 6.49. The quantitative estimate of drug-likeness (QED) is 0.575. The van der Waals surface area contributed by atoms with E-state index in [4.69, 9.17) is 5.14 Å². The molecule has 1 saturated carbocycles. The summed E-state index contributed by atoms with van der Waals surface area (Å²) in [4.78, 5) is 0. The van der Waals surface area contributed by atoms with E-state index >= 15 is 0 Å². The van der Waals surface area contributed by atoms with Crippen LogP contribution in [0, 0.1) is 5.41 Å². The third-order valence-electron chi connectivity index (χ3n) is 3.38. The van der Waals surface area contributed by atoms with Crippen molar-refractivity contribution >= 4 is 10.2 Å². The lowest BCUT2D eigenvalue weighted by molar-refractivity contribution is 0.0956. The molecule has 2 rings (SSSR count). The zero-order valence-electron chi connectivity index (χ0n) is 8.12. The maximum Gasteiger partial charge on any atom is 0.274 e. The maximum absolute atomic E-state index is 10.8. The summed E-state index contributed by atoms with van der Waals surface area (Å²) in [7, 11) is -3.52. The predicted molar refractivity (Wildman–Crippen MR) is 53.8 cm³/mol. The molecule has 0 unspecified atom stereocenters. The van der Waals surface area contributed by atoms with Gasteiger partial charge in [-0.1, -0.05) is 0 Å². The van der Waals surface area contributed by atoms with Gasteiger partial charge < -0.3 is 5.32 Å². The van der Waals surface area contributed by atoms with Gasteiger partial charge in [-0.25, -0.2) is 5.14 Å². The zero-order valence-corrected chi connectivity index (χ0v) is 8.94. The second kappa shape index (κ2) is 3.44. The topological polar surface area (TPSA) is 84.2 Å². The lowest BCUT2D eigenvalue weighted by Gasteiger charge is -2.47. The Bertz CT molecular complexity index is 301. The van der Waals surface area contributed by atoms with Gasteiger partial charge in [-0.15, -0.1) is 0 Å². The van der Waals surface area contributed by atoms with Crippen molar-refractivity contribution in [1.82, 2.24) is 10.0 Å². The molecule has 0 aromatic carbocycles. The van der Waals surface area contributed by atoms with Gasteiger partial charge in [0.15, 0.2) is 0 Å². The third-order valence-corrected chi connectivity index (χ3v) is 4.04. The third kappa shape index (κ3) is 2.25. The molecule has 1 spiro atoms. The first kappa shape index (κ1) is 10.4. The summed E-state index contributed by atoms with van der Waals surface area (Å²) in [5.41, 5.74) is 0.469. The van der Waals surface area contributed by atoms with Gasteiger partial charge in [0, 0.05) is 19.1 Å². The SMILES string of the molecule is NS(=O)(=O)NC1CCC2(CC1)CNC2. The molecule has 0 aromatic heterocycles. The van der Waals surface area contributed by atoms with Crippen LogP contribution >= 0.6 is 0 Å². The van der Waals surface area contributed by atoms with Gasteiger partial charge in [-0.3, -0.25) is 0 Å². The molecule has 0 atom stereocenters. The molecule has 0 aromatic rings. The average Bonchev–Trinajstić information content (AvgIpc) is 2.00. The van der Waals surface area contributed by atoms with E-state index in [-0.39, 0.29) is 6.04 Å². The summed E-state index contributed by atoms with van der Waals surface area (Å²) in [5.74, 6) is 0. The fraction of sp³-hybridized carbons (Fsp3) is 1.00. The monoisotopic (exact) mass is 219 g/mol. The Morgan fingerprint density at radius 1 is 1.29 bits per heavy atom. The Morgan fingerprint density at radius 2 is 1.86 bits per heavy atom. The predicted octanol–water partition coefficient (Wildman–Crippen LogP) is -0.688. The fourth-order valence-corrected chi connectivity index (χ4v) is 3.11. The van der Waals surface area contributed by atoms with Crippen LogP contribution in [0.1, 0.15) is 25.7 Å². The van der Waals surface area contributed by atoms with Crippen molar-refractivity contribution in [2.75, 3.05) is 13.1 Å². The molecule has 1 heterocycles. The highest BCUT2D eigenvalue weighted by Crippen LogP contribution is 2.39. The van der Waals surface area contributed by atoms with Crippen LogP contribution in [0.15, 0.2) is 0 Å².